The first-order valence-electron chi connectivity index (χ1n) is 5.35. The second-order valence-electron chi connectivity index (χ2n) is 4.58. The van der Waals surface area contributed by atoms with Crippen LogP contribution in [0.1, 0.15) is 26.2 Å². The van der Waals surface area contributed by atoms with Crippen LogP contribution in [0, 0.1) is 4.77 Å². The topological polar surface area (TPSA) is 37.8 Å². The maximum Gasteiger partial charge on any atom is 0.263 e. The summed E-state index contributed by atoms with van der Waals surface area (Å²) in [5.41, 5.74) is -0.0111. The predicted molar refractivity (Wildman–Crippen MR) is 68.8 cm³/mol. The lowest BCUT2D eigenvalue weighted by Crippen LogP contribution is -2.44. The molecule has 3 nitrogen and oxygen atoms in total. The third-order valence-electron chi connectivity index (χ3n) is 3.49. The molecular weight excluding hydrogens is 240 g/mol. The van der Waals surface area contributed by atoms with E-state index in [0.717, 1.165) is 23.1 Å². The van der Waals surface area contributed by atoms with E-state index in [2.05, 4.69) is 11.9 Å². The highest BCUT2D eigenvalue weighted by molar-refractivity contribution is 7.71. The number of rotatable bonds is 1. The maximum atomic E-state index is 12.3. The molecule has 2 heterocycles. The smallest absolute Gasteiger partial charge is 0.263 e. The van der Waals surface area contributed by atoms with Crippen LogP contribution in [0.2, 0.25) is 0 Å². The average molecular weight is 252 g/mol. The summed E-state index contributed by atoms with van der Waals surface area (Å²) < 4.78 is 2.32. The van der Waals surface area contributed by atoms with Crippen molar-refractivity contribution in [3.05, 3.63) is 26.6 Å². The molecule has 2 aromatic rings. The van der Waals surface area contributed by atoms with Gasteiger partial charge in [-0.25, -0.2) is 0 Å². The normalized spacial score (nSPS) is 18.6. The molecule has 0 unspecified atom stereocenters. The Hall–Kier alpha value is -0.940. The Bertz CT molecular complexity index is 660. The van der Waals surface area contributed by atoms with Gasteiger partial charge in [-0.05, 0) is 49.9 Å². The molecule has 2 aromatic heterocycles. The van der Waals surface area contributed by atoms with E-state index in [9.17, 15) is 4.79 Å². The Labute approximate surface area is 102 Å². The molecule has 1 N–H and O–H groups in total. The summed E-state index contributed by atoms with van der Waals surface area (Å²) >= 11 is 6.82. The Kier molecular flexibility index (Phi) is 2.09. The van der Waals surface area contributed by atoms with Crippen molar-refractivity contribution < 1.29 is 0 Å². The SMILES string of the molecule is CC1(n2c(=S)[nH]c3sccc3c2=O)CCC1. The molecule has 0 amide bonds. The number of hydrogen-bond donors (Lipinski definition) is 1. The first-order chi connectivity index (χ1) is 7.62. The van der Waals surface area contributed by atoms with Crippen molar-refractivity contribution in [1.82, 2.24) is 9.55 Å². The lowest BCUT2D eigenvalue weighted by molar-refractivity contribution is 0.160. The second kappa shape index (κ2) is 3.28. The van der Waals surface area contributed by atoms with E-state index >= 15 is 0 Å². The van der Waals surface area contributed by atoms with Gasteiger partial charge in [-0.3, -0.25) is 9.36 Å². The molecule has 0 bridgehead atoms. The first-order valence-corrected chi connectivity index (χ1v) is 6.64. The molecular formula is C11H12N2OS2. The molecule has 0 spiro atoms. The van der Waals surface area contributed by atoms with Crippen LogP contribution < -0.4 is 5.56 Å². The van der Waals surface area contributed by atoms with Crippen LogP contribution in [0.5, 0.6) is 0 Å². The van der Waals surface area contributed by atoms with Crippen molar-refractivity contribution in [2.45, 2.75) is 31.7 Å². The quantitative estimate of drug-likeness (QED) is 0.792. The number of aromatic amines is 1. The largest absolute Gasteiger partial charge is 0.323 e. The van der Waals surface area contributed by atoms with E-state index < -0.39 is 0 Å². The van der Waals surface area contributed by atoms with Crippen LogP contribution in [-0.2, 0) is 5.54 Å². The fourth-order valence-electron chi connectivity index (χ4n) is 2.34. The molecule has 1 aliphatic carbocycles. The highest BCUT2D eigenvalue weighted by atomic mass is 32.1. The average Bonchev–Trinajstić information content (AvgIpc) is 2.63. The molecule has 0 aromatic carbocycles. The van der Waals surface area contributed by atoms with Crippen LogP contribution in [0.4, 0.5) is 0 Å². The molecule has 5 heteroatoms. The minimum atomic E-state index is -0.0687. The van der Waals surface area contributed by atoms with Crippen LogP contribution in [-0.4, -0.2) is 9.55 Å². The van der Waals surface area contributed by atoms with E-state index in [1.807, 2.05) is 11.4 Å². The second-order valence-corrected chi connectivity index (χ2v) is 5.89. The van der Waals surface area contributed by atoms with Gasteiger partial charge in [0.05, 0.1) is 5.39 Å². The molecule has 0 radical (unpaired) electrons. The van der Waals surface area contributed by atoms with Gasteiger partial charge < -0.3 is 4.98 Å². The summed E-state index contributed by atoms with van der Waals surface area (Å²) in [5, 5.41) is 2.68. The monoisotopic (exact) mass is 252 g/mol. The highest BCUT2D eigenvalue weighted by Gasteiger charge is 2.35. The third-order valence-corrected chi connectivity index (χ3v) is 4.61. The van der Waals surface area contributed by atoms with E-state index in [1.165, 1.54) is 17.8 Å². The van der Waals surface area contributed by atoms with Crippen molar-refractivity contribution >= 4 is 33.8 Å². The molecule has 1 aliphatic rings. The van der Waals surface area contributed by atoms with Gasteiger partial charge in [0.2, 0.25) is 0 Å². The van der Waals surface area contributed by atoms with Gasteiger partial charge in [-0.15, -0.1) is 11.3 Å². The fraction of sp³-hybridized carbons (Fsp3) is 0.455. The summed E-state index contributed by atoms with van der Waals surface area (Å²) in [4.78, 5) is 16.4. The molecule has 1 saturated carbocycles. The lowest BCUT2D eigenvalue weighted by atomic mass is 9.78. The Balaban J connectivity index is 2.40. The first kappa shape index (κ1) is 10.2. The molecule has 84 valence electrons. The molecule has 3 rings (SSSR count). The molecule has 1 fully saturated rings. The van der Waals surface area contributed by atoms with Gasteiger partial charge in [-0.2, -0.15) is 0 Å². The molecule has 0 aliphatic heterocycles. The fourth-order valence-corrected chi connectivity index (χ4v) is 3.59. The van der Waals surface area contributed by atoms with Gasteiger partial charge in [0.15, 0.2) is 4.77 Å². The van der Waals surface area contributed by atoms with Crippen LogP contribution >= 0.6 is 23.6 Å². The molecule has 0 saturated heterocycles. The summed E-state index contributed by atoms with van der Waals surface area (Å²) in [6.07, 6.45) is 3.26. The van der Waals surface area contributed by atoms with Gasteiger partial charge in [0.25, 0.3) is 5.56 Å². The standard InChI is InChI=1S/C11H12N2OS2/c1-11(4-2-5-11)13-9(14)7-3-6-16-8(7)12-10(13)15/h3,6H,2,4-5H2,1H3,(H,12,15). The van der Waals surface area contributed by atoms with Crippen LogP contribution in [0.25, 0.3) is 10.2 Å². The molecule has 16 heavy (non-hydrogen) atoms. The molecule has 0 atom stereocenters. The maximum absolute atomic E-state index is 12.3. The summed E-state index contributed by atoms with van der Waals surface area (Å²) in [6, 6.07) is 1.87. The van der Waals surface area contributed by atoms with E-state index in [0.29, 0.717) is 4.77 Å². The van der Waals surface area contributed by atoms with Crippen molar-refractivity contribution in [2.24, 2.45) is 0 Å². The van der Waals surface area contributed by atoms with Gasteiger partial charge >= 0.3 is 0 Å². The minimum absolute atomic E-state index is 0.0576. The number of H-pyrrole nitrogens is 1. The highest BCUT2D eigenvalue weighted by Crippen LogP contribution is 2.37. The van der Waals surface area contributed by atoms with Gasteiger partial charge in [-0.1, -0.05) is 0 Å². The number of fused-ring (bicyclic) bond motifs is 1. The number of aromatic nitrogens is 2. The van der Waals surface area contributed by atoms with Crippen molar-refractivity contribution in [3.63, 3.8) is 0 Å². The van der Waals surface area contributed by atoms with Crippen molar-refractivity contribution in [3.8, 4) is 0 Å². The van der Waals surface area contributed by atoms with Crippen LogP contribution in [0.15, 0.2) is 16.2 Å². The number of nitrogens with one attached hydrogen (secondary N) is 1. The summed E-state index contributed by atoms with van der Waals surface area (Å²) in [5.74, 6) is 0. The zero-order chi connectivity index (χ0) is 11.3. The van der Waals surface area contributed by atoms with E-state index in [4.69, 9.17) is 12.2 Å². The minimum Gasteiger partial charge on any atom is -0.323 e. The van der Waals surface area contributed by atoms with E-state index in [1.54, 1.807) is 4.57 Å². The predicted octanol–water partition coefficient (Wildman–Crippen LogP) is 3.02. The number of hydrogen-bond acceptors (Lipinski definition) is 3. The van der Waals surface area contributed by atoms with Gasteiger partial charge in [0.1, 0.15) is 4.83 Å². The van der Waals surface area contributed by atoms with Gasteiger partial charge in [0, 0.05) is 5.54 Å². The number of thiophene rings is 1. The zero-order valence-corrected chi connectivity index (χ0v) is 10.6. The Morgan fingerprint density at radius 1 is 1.56 bits per heavy atom. The van der Waals surface area contributed by atoms with Crippen LogP contribution in [0.3, 0.4) is 0 Å². The zero-order valence-electron chi connectivity index (χ0n) is 8.95. The Morgan fingerprint density at radius 2 is 2.31 bits per heavy atom. The summed E-state index contributed by atoms with van der Waals surface area (Å²) in [6.45, 7) is 2.11. The third kappa shape index (κ3) is 1.25. The lowest BCUT2D eigenvalue weighted by Gasteiger charge is -2.39. The number of nitrogens with zero attached hydrogens (tertiary/aromatic N) is 1. The van der Waals surface area contributed by atoms with Crippen molar-refractivity contribution in [1.29, 1.82) is 0 Å². The van der Waals surface area contributed by atoms with E-state index in [-0.39, 0.29) is 11.1 Å². The van der Waals surface area contributed by atoms with Crippen molar-refractivity contribution in [2.75, 3.05) is 0 Å². The summed E-state index contributed by atoms with van der Waals surface area (Å²) in [7, 11) is 0. The Morgan fingerprint density at radius 3 is 2.94 bits per heavy atom.